The molecule has 17 heavy (non-hydrogen) atoms. The molecule has 0 N–H and O–H groups in total. The van der Waals surface area contributed by atoms with Crippen molar-refractivity contribution in [2.24, 2.45) is 7.05 Å². The van der Waals surface area contributed by atoms with Crippen molar-refractivity contribution in [1.82, 2.24) is 14.3 Å². The van der Waals surface area contributed by atoms with Gasteiger partial charge in [0.25, 0.3) is 5.56 Å². The molecule has 0 fully saturated rings. The van der Waals surface area contributed by atoms with E-state index in [-0.39, 0.29) is 11.1 Å². The van der Waals surface area contributed by atoms with Crippen LogP contribution in [0.1, 0.15) is 17.0 Å². The number of hydrogen-bond acceptors (Lipinski definition) is 3. The van der Waals surface area contributed by atoms with Crippen LogP contribution < -0.4 is 5.56 Å². The van der Waals surface area contributed by atoms with E-state index in [0.717, 1.165) is 11.4 Å². The van der Waals surface area contributed by atoms with Crippen LogP contribution in [0.25, 0.3) is 0 Å². The molecule has 0 aliphatic carbocycles. The fourth-order valence-corrected chi connectivity index (χ4v) is 1.73. The number of aromatic nitrogens is 3. The molecule has 5 nitrogen and oxygen atoms in total. The standard InChI is InChI=1S/C12H12N4O/c1-9-6-11(15(2)14-9)8-16-5-3-4-10(7-13)12(16)17/h3-6H,8H2,1-2H3. The maximum Gasteiger partial charge on any atom is 0.268 e. The predicted molar refractivity (Wildman–Crippen MR) is 62.5 cm³/mol. The number of nitriles is 1. The van der Waals surface area contributed by atoms with Gasteiger partial charge in [0.15, 0.2) is 0 Å². The van der Waals surface area contributed by atoms with Crippen LogP contribution in [0.4, 0.5) is 0 Å². The third-order valence-electron chi connectivity index (χ3n) is 2.57. The highest BCUT2D eigenvalue weighted by atomic mass is 16.1. The van der Waals surface area contributed by atoms with Crippen LogP contribution in [0.15, 0.2) is 29.2 Å². The molecule has 2 heterocycles. The summed E-state index contributed by atoms with van der Waals surface area (Å²) in [5.41, 5.74) is 1.73. The number of pyridine rings is 1. The van der Waals surface area contributed by atoms with Gasteiger partial charge in [-0.1, -0.05) is 0 Å². The Balaban J connectivity index is 2.41. The highest BCUT2D eigenvalue weighted by molar-refractivity contribution is 5.25. The summed E-state index contributed by atoms with van der Waals surface area (Å²) < 4.78 is 3.25. The van der Waals surface area contributed by atoms with E-state index in [1.165, 1.54) is 10.6 Å². The molecule has 0 unspecified atom stereocenters. The van der Waals surface area contributed by atoms with Crippen molar-refractivity contribution >= 4 is 0 Å². The first-order chi connectivity index (χ1) is 8.11. The third-order valence-corrected chi connectivity index (χ3v) is 2.57. The molecule has 2 aromatic rings. The number of nitrogens with zero attached hydrogens (tertiary/aromatic N) is 4. The maximum atomic E-state index is 11.8. The van der Waals surface area contributed by atoms with E-state index < -0.39 is 0 Å². The zero-order valence-electron chi connectivity index (χ0n) is 9.71. The smallest absolute Gasteiger partial charge is 0.268 e. The first kappa shape index (κ1) is 11.1. The molecule has 2 rings (SSSR count). The minimum atomic E-state index is -0.270. The fourth-order valence-electron chi connectivity index (χ4n) is 1.73. The Morgan fingerprint density at radius 1 is 1.53 bits per heavy atom. The van der Waals surface area contributed by atoms with Gasteiger partial charge in [0, 0.05) is 13.2 Å². The Kier molecular flexibility index (Phi) is 2.79. The van der Waals surface area contributed by atoms with Crippen LogP contribution in [-0.2, 0) is 13.6 Å². The summed E-state index contributed by atoms with van der Waals surface area (Å²) in [4.78, 5) is 11.8. The molecule has 2 aromatic heterocycles. The monoisotopic (exact) mass is 228 g/mol. The first-order valence-corrected chi connectivity index (χ1v) is 5.21. The van der Waals surface area contributed by atoms with E-state index in [2.05, 4.69) is 5.10 Å². The molecule has 0 spiro atoms. The summed E-state index contributed by atoms with van der Waals surface area (Å²) in [6.07, 6.45) is 1.67. The van der Waals surface area contributed by atoms with Crippen LogP contribution in [0.5, 0.6) is 0 Å². The van der Waals surface area contributed by atoms with Crippen molar-refractivity contribution in [3.8, 4) is 6.07 Å². The minimum Gasteiger partial charge on any atom is -0.308 e. The van der Waals surface area contributed by atoms with Crippen molar-refractivity contribution in [3.05, 3.63) is 51.7 Å². The van der Waals surface area contributed by atoms with Crippen molar-refractivity contribution in [1.29, 1.82) is 5.26 Å². The Bertz CT molecular complexity index is 645. The van der Waals surface area contributed by atoms with Gasteiger partial charge in [0.05, 0.1) is 17.9 Å². The molecule has 0 amide bonds. The van der Waals surface area contributed by atoms with Gasteiger partial charge in [0.2, 0.25) is 0 Å². The third kappa shape index (κ3) is 2.11. The molecule has 86 valence electrons. The van der Waals surface area contributed by atoms with Crippen molar-refractivity contribution < 1.29 is 0 Å². The summed E-state index contributed by atoms with van der Waals surface area (Å²) in [6, 6.07) is 7.03. The summed E-state index contributed by atoms with van der Waals surface area (Å²) in [7, 11) is 1.83. The van der Waals surface area contributed by atoms with Crippen LogP contribution in [0.3, 0.4) is 0 Å². The second kappa shape index (κ2) is 4.26. The SMILES string of the molecule is Cc1cc(Cn2cccc(C#N)c2=O)n(C)n1. The predicted octanol–water partition coefficient (Wildman–Crippen LogP) is 0.810. The van der Waals surface area contributed by atoms with E-state index in [4.69, 9.17) is 5.26 Å². The number of rotatable bonds is 2. The van der Waals surface area contributed by atoms with Gasteiger partial charge < -0.3 is 4.57 Å². The lowest BCUT2D eigenvalue weighted by molar-refractivity contribution is 0.650. The minimum absolute atomic E-state index is 0.159. The van der Waals surface area contributed by atoms with Crippen LogP contribution in [0.2, 0.25) is 0 Å². The second-order valence-electron chi connectivity index (χ2n) is 3.87. The highest BCUT2D eigenvalue weighted by Crippen LogP contribution is 2.03. The molecule has 0 bridgehead atoms. The van der Waals surface area contributed by atoms with Gasteiger partial charge in [-0.2, -0.15) is 10.4 Å². The average Bonchev–Trinajstić information content (AvgIpc) is 2.60. The second-order valence-corrected chi connectivity index (χ2v) is 3.87. The van der Waals surface area contributed by atoms with Gasteiger partial charge in [-0.15, -0.1) is 0 Å². The Morgan fingerprint density at radius 3 is 2.88 bits per heavy atom. The van der Waals surface area contributed by atoms with E-state index in [0.29, 0.717) is 6.54 Å². The number of hydrogen-bond donors (Lipinski definition) is 0. The van der Waals surface area contributed by atoms with Crippen molar-refractivity contribution in [2.75, 3.05) is 0 Å². The van der Waals surface area contributed by atoms with Crippen LogP contribution in [0, 0.1) is 18.3 Å². The largest absolute Gasteiger partial charge is 0.308 e. The van der Waals surface area contributed by atoms with E-state index in [9.17, 15) is 4.79 Å². The van der Waals surface area contributed by atoms with Gasteiger partial charge in [0.1, 0.15) is 11.6 Å². The first-order valence-electron chi connectivity index (χ1n) is 5.21. The molecule has 0 aliphatic rings. The van der Waals surface area contributed by atoms with Gasteiger partial charge in [-0.3, -0.25) is 9.48 Å². The quantitative estimate of drug-likeness (QED) is 0.764. The van der Waals surface area contributed by atoms with E-state index >= 15 is 0 Å². The normalized spacial score (nSPS) is 10.2. The lowest BCUT2D eigenvalue weighted by Crippen LogP contribution is -2.23. The van der Waals surface area contributed by atoms with Gasteiger partial charge >= 0.3 is 0 Å². The number of aryl methyl sites for hydroxylation is 2. The lowest BCUT2D eigenvalue weighted by atomic mass is 10.3. The molecule has 0 radical (unpaired) electrons. The summed E-state index contributed by atoms with van der Waals surface area (Å²) in [5.74, 6) is 0. The van der Waals surface area contributed by atoms with Gasteiger partial charge in [-0.05, 0) is 25.1 Å². The Morgan fingerprint density at radius 2 is 2.29 bits per heavy atom. The molecular formula is C12H12N4O. The molecular weight excluding hydrogens is 216 g/mol. The highest BCUT2D eigenvalue weighted by Gasteiger charge is 2.06. The maximum absolute atomic E-state index is 11.8. The summed E-state index contributed by atoms with van der Waals surface area (Å²) in [6.45, 7) is 2.32. The zero-order valence-corrected chi connectivity index (χ0v) is 9.71. The molecule has 0 aliphatic heterocycles. The van der Waals surface area contributed by atoms with Gasteiger partial charge in [-0.25, -0.2) is 0 Å². The lowest BCUT2D eigenvalue weighted by Gasteiger charge is -2.05. The van der Waals surface area contributed by atoms with Crippen molar-refractivity contribution in [3.63, 3.8) is 0 Å². The zero-order chi connectivity index (χ0) is 12.4. The Hall–Kier alpha value is -2.35. The molecule has 0 atom stereocenters. The van der Waals surface area contributed by atoms with Crippen LogP contribution >= 0.6 is 0 Å². The molecule has 5 heteroatoms. The molecule has 0 saturated heterocycles. The Labute approximate surface area is 98.5 Å². The molecule has 0 saturated carbocycles. The van der Waals surface area contributed by atoms with Crippen molar-refractivity contribution in [2.45, 2.75) is 13.5 Å². The summed E-state index contributed by atoms with van der Waals surface area (Å²) >= 11 is 0. The summed E-state index contributed by atoms with van der Waals surface area (Å²) in [5, 5.41) is 13.0. The topological polar surface area (TPSA) is 63.6 Å². The van der Waals surface area contributed by atoms with Crippen LogP contribution in [-0.4, -0.2) is 14.3 Å². The molecule has 0 aromatic carbocycles. The van der Waals surface area contributed by atoms with E-state index in [1.54, 1.807) is 16.9 Å². The van der Waals surface area contributed by atoms with E-state index in [1.807, 2.05) is 26.1 Å². The average molecular weight is 228 g/mol. The fraction of sp³-hybridized carbons (Fsp3) is 0.250.